The summed E-state index contributed by atoms with van der Waals surface area (Å²) in [6, 6.07) is 3.31. The first-order chi connectivity index (χ1) is 10.0. The van der Waals surface area contributed by atoms with Crippen LogP contribution in [0.2, 0.25) is 15.2 Å². The van der Waals surface area contributed by atoms with Crippen LogP contribution in [-0.2, 0) is 12.8 Å². The van der Waals surface area contributed by atoms with Gasteiger partial charge in [-0.3, -0.25) is 0 Å². The Hall–Kier alpha value is -1.15. The number of benzene rings is 1. The summed E-state index contributed by atoms with van der Waals surface area (Å²) in [5, 5.41) is 13.0. The molecule has 0 unspecified atom stereocenters. The van der Waals surface area contributed by atoms with Gasteiger partial charge in [0, 0.05) is 12.8 Å². The van der Waals surface area contributed by atoms with Crippen LogP contribution in [0.25, 0.3) is 11.0 Å². The van der Waals surface area contributed by atoms with Crippen LogP contribution >= 0.6 is 46.6 Å². The van der Waals surface area contributed by atoms with E-state index in [-0.39, 0.29) is 0 Å². The molecular formula is C11H7Cl3N6S. The van der Waals surface area contributed by atoms with Crippen LogP contribution in [0.5, 0.6) is 0 Å². The molecule has 0 aliphatic rings. The quantitative estimate of drug-likeness (QED) is 0.666. The number of aromatic nitrogens is 6. The van der Waals surface area contributed by atoms with Gasteiger partial charge in [0.1, 0.15) is 0 Å². The minimum absolute atomic E-state index is 0.323. The first kappa shape index (κ1) is 14.8. The van der Waals surface area contributed by atoms with Crippen molar-refractivity contribution in [3.05, 3.63) is 33.0 Å². The number of rotatable bonds is 3. The van der Waals surface area contributed by atoms with Gasteiger partial charge in [-0.25, -0.2) is 14.6 Å². The van der Waals surface area contributed by atoms with Gasteiger partial charge in [-0.05, 0) is 22.6 Å². The molecule has 6 nitrogen and oxygen atoms in total. The highest BCUT2D eigenvalue weighted by Gasteiger charge is 2.11. The highest BCUT2D eigenvalue weighted by molar-refractivity contribution is 7.98. The smallest absolute Gasteiger partial charge is 0.209 e. The Morgan fingerprint density at radius 2 is 1.76 bits per heavy atom. The Morgan fingerprint density at radius 3 is 2.38 bits per heavy atom. The molecule has 0 atom stereocenters. The van der Waals surface area contributed by atoms with Crippen molar-refractivity contribution in [2.75, 3.05) is 0 Å². The zero-order valence-corrected chi connectivity index (χ0v) is 13.7. The SMILES string of the molecule is Cn1nnnc1SCc1nc2cc(Cl)c(Cl)cc2nc1Cl. The maximum absolute atomic E-state index is 6.15. The van der Waals surface area contributed by atoms with Gasteiger partial charge in [0.25, 0.3) is 0 Å². The van der Waals surface area contributed by atoms with Crippen LogP contribution in [-0.4, -0.2) is 30.2 Å². The van der Waals surface area contributed by atoms with Crippen molar-refractivity contribution < 1.29 is 0 Å². The molecular weight excluding hydrogens is 355 g/mol. The van der Waals surface area contributed by atoms with Gasteiger partial charge in [-0.1, -0.05) is 46.6 Å². The van der Waals surface area contributed by atoms with E-state index in [1.165, 1.54) is 11.8 Å². The summed E-state index contributed by atoms with van der Waals surface area (Å²) in [4.78, 5) is 8.76. The molecule has 2 heterocycles. The molecule has 0 aliphatic carbocycles. The second-order valence-electron chi connectivity index (χ2n) is 4.09. The number of tetrazole rings is 1. The standard InChI is InChI=1S/C11H7Cl3N6S/c1-20-11(17-18-19-20)21-4-9-10(14)16-8-3-6(13)5(12)2-7(8)15-9/h2-3H,4H2,1H3. The Kier molecular flexibility index (Phi) is 4.17. The van der Waals surface area contributed by atoms with Gasteiger partial charge in [-0.15, -0.1) is 5.10 Å². The lowest BCUT2D eigenvalue weighted by Crippen LogP contribution is -1.97. The molecule has 2 aromatic heterocycles. The van der Waals surface area contributed by atoms with E-state index in [0.717, 1.165) is 0 Å². The summed E-state index contributed by atoms with van der Waals surface area (Å²) in [5.74, 6) is 0.496. The van der Waals surface area contributed by atoms with Crippen molar-refractivity contribution in [2.45, 2.75) is 10.9 Å². The number of thioether (sulfide) groups is 1. The molecule has 0 spiro atoms. The van der Waals surface area contributed by atoms with Crippen LogP contribution in [0.15, 0.2) is 17.3 Å². The largest absolute Gasteiger partial charge is 0.247 e. The highest BCUT2D eigenvalue weighted by Crippen LogP contribution is 2.29. The van der Waals surface area contributed by atoms with E-state index < -0.39 is 0 Å². The van der Waals surface area contributed by atoms with E-state index in [9.17, 15) is 0 Å². The van der Waals surface area contributed by atoms with Gasteiger partial charge < -0.3 is 0 Å². The second-order valence-corrected chi connectivity index (χ2v) is 6.20. The molecule has 1 aromatic carbocycles. The van der Waals surface area contributed by atoms with E-state index in [1.807, 2.05) is 0 Å². The van der Waals surface area contributed by atoms with Crippen LogP contribution in [0, 0.1) is 0 Å². The van der Waals surface area contributed by atoms with Crippen molar-refractivity contribution in [1.82, 2.24) is 30.2 Å². The molecule has 0 aliphatic heterocycles. The predicted octanol–water partition coefficient (Wildman–Crippen LogP) is 3.41. The normalized spacial score (nSPS) is 11.2. The van der Waals surface area contributed by atoms with Gasteiger partial charge >= 0.3 is 0 Å². The third kappa shape index (κ3) is 3.06. The Bertz CT molecular complexity index is 821. The van der Waals surface area contributed by atoms with Crippen LogP contribution in [0.3, 0.4) is 0 Å². The molecule has 0 bridgehead atoms. The van der Waals surface area contributed by atoms with E-state index in [4.69, 9.17) is 34.8 Å². The molecule has 3 aromatic rings. The molecule has 0 N–H and O–H groups in total. The number of aryl methyl sites for hydroxylation is 1. The monoisotopic (exact) mass is 360 g/mol. The van der Waals surface area contributed by atoms with Crippen LogP contribution in [0.4, 0.5) is 0 Å². The van der Waals surface area contributed by atoms with Crippen molar-refractivity contribution in [3.63, 3.8) is 0 Å². The molecule has 108 valence electrons. The Labute approximate surface area is 138 Å². The summed E-state index contributed by atoms with van der Waals surface area (Å²) in [7, 11) is 1.76. The first-order valence-corrected chi connectivity index (χ1v) is 7.83. The number of hydrogen-bond donors (Lipinski definition) is 0. The third-order valence-electron chi connectivity index (χ3n) is 2.65. The molecule has 0 saturated carbocycles. The van der Waals surface area contributed by atoms with E-state index >= 15 is 0 Å². The highest BCUT2D eigenvalue weighted by atomic mass is 35.5. The van der Waals surface area contributed by atoms with Crippen molar-refractivity contribution in [2.24, 2.45) is 7.05 Å². The molecule has 0 radical (unpaired) electrons. The summed E-state index contributed by atoms with van der Waals surface area (Å²) in [5.41, 5.74) is 1.87. The lowest BCUT2D eigenvalue weighted by atomic mass is 10.3. The maximum atomic E-state index is 6.15. The summed E-state index contributed by atoms with van der Waals surface area (Å²) >= 11 is 19.5. The Morgan fingerprint density at radius 1 is 1.10 bits per heavy atom. The summed E-state index contributed by atoms with van der Waals surface area (Å²) < 4.78 is 1.57. The molecule has 21 heavy (non-hydrogen) atoms. The Balaban J connectivity index is 1.93. The summed E-state index contributed by atoms with van der Waals surface area (Å²) in [6.07, 6.45) is 0. The molecule has 10 heteroatoms. The van der Waals surface area contributed by atoms with Crippen molar-refractivity contribution in [3.8, 4) is 0 Å². The lowest BCUT2D eigenvalue weighted by Gasteiger charge is -2.05. The zero-order valence-electron chi connectivity index (χ0n) is 10.6. The van der Waals surface area contributed by atoms with Crippen molar-refractivity contribution in [1.29, 1.82) is 0 Å². The first-order valence-electron chi connectivity index (χ1n) is 5.71. The van der Waals surface area contributed by atoms with Crippen molar-refractivity contribution >= 4 is 57.6 Å². The van der Waals surface area contributed by atoms with Gasteiger partial charge in [-0.2, -0.15) is 0 Å². The van der Waals surface area contributed by atoms with Gasteiger partial charge in [0.2, 0.25) is 5.16 Å². The topological polar surface area (TPSA) is 69.4 Å². The predicted molar refractivity (Wildman–Crippen MR) is 82.9 cm³/mol. The zero-order chi connectivity index (χ0) is 15.0. The number of nitrogens with zero attached hydrogens (tertiary/aromatic N) is 6. The van der Waals surface area contributed by atoms with E-state index in [2.05, 4.69) is 25.5 Å². The fraction of sp³-hybridized carbons (Fsp3) is 0.182. The van der Waals surface area contributed by atoms with E-state index in [1.54, 1.807) is 23.9 Å². The average molecular weight is 362 g/mol. The molecule has 0 fully saturated rings. The number of halogens is 3. The second kappa shape index (κ2) is 5.92. The third-order valence-corrected chi connectivity index (χ3v) is 4.70. The fourth-order valence-corrected chi connectivity index (χ4v) is 3.01. The molecule has 0 amide bonds. The molecule has 0 saturated heterocycles. The van der Waals surface area contributed by atoms with E-state index in [0.29, 0.717) is 42.8 Å². The lowest BCUT2D eigenvalue weighted by molar-refractivity contribution is 0.664. The van der Waals surface area contributed by atoms with Gasteiger partial charge in [0.15, 0.2) is 5.15 Å². The van der Waals surface area contributed by atoms with Gasteiger partial charge in [0.05, 0.1) is 26.8 Å². The number of fused-ring (bicyclic) bond motifs is 1. The fourth-order valence-electron chi connectivity index (χ4n) is 1.64. The van der Waals surface area contributed by atoms with Crippen LogP contribution < -0.4 is 0 Å². The maximum Gasteiger partial charge on any atom is 0.209 e. The minimum Gasteiger partial charge on any atom is -0.247 e. The molecule has 3 rings (SSSR count). The van der Waals surface area contributed by atoms with Crippen LogP contribution in [0.1, 0.15) is 5.69 Å². The summed E-state index contributed by atoms with van der Waals surface area (Å²) in [6.45, 7) is 0. The average Bonchev–Trinajstić information content (AvgIpc) is 2.84. The minimum atomic E-state index is 0.323. The number of hydrogen-bond acceptors (Lipinski definition) is 6.